The molecule has 1 rings (SSSR count). The highest BCUT2D eigenvalue weighted by Crippen LogP contribution is 2.29. The fourth-order valence-corrected chi connectivity index (χ4v) is 1.69. The topological polar surface area (TPSA) is 20.2 Å². The van der Waals surface area contributed by atoms with Crippen LogP contribution >= 0.6 is 23.1 Å². The van der Waals surface area contributed by atoms with Crippen molar-refractivity contribution in [3.8, 4) is 5.06 Å². The number of hydrogen-bond acceptors (Lipinski definition) is 3. The molecule has 1 heterocycles. The Hall–Kier alpha value is -0.150. The summed E-state index contributed by atoms with van der Waals surface area (Å²) in [4.78, 5) is 0. The minimum atomic E-state index is 0.398. The predicted molar refractivity (Wildman–Crippen MR) is 37.8 cm³/mol. The summed E-state index contributed by atoms with van der Waals surface area (Å²) in [7, 11) is 0. The molecular weight excluding hydrogens is 140 g/mol. The van der Waals surface area contributed by atoms with Gasteiger partial charge in [-0.1, -0.05) is 11.3 Å². The van der Waals surface area contributed by atoms with E-state index in [2.05, 4.69) is 0 Å². The van der Waals surface area contributed by atoms with Crippen molar-refractivity contribution < 1.29 is 5.11 Å². The number of thioether (sulfide) groups is 1. The molecule has 0 aromatic carbocycles. The van der Waals surface area contributed by atoms with E-state index in [0.717, 1.165) is 4.21 Å². The monoisotopic (exact) mass is 146 g/mol. The molecule has 0 radical (unpaired) electrons. The molecule has 44 valence electrons. The van der Waals surface area contributed by atoms with Gasteiger partial charge in [-0.05, 0) is 18.4 Å². The molecular formula is C5H6OS2. The minimum Gasteiger partial charge on any atom is -0.499 e. The van der Waals surface area contributed by atoms with Gasteiger partial charge in [-0.3, -0.25) is 0 Å². The molecule has 0 saturated carbocycles. The van der Waals surface area contributed by atoms with E-state index in [1.807, 2.05) is 12.3 Å². The SMILES string of the molecule is CSc1ccc(O)s1. The lowest BCUT2D eigenvalue weighted by atomic mass is 10.7. The second-order valence-electron chi connectivity index (χ2n) is 1.30. The first kappa shape index (κ1) is 5.98. The van der Waals surface area contributed by atoms with Crippen LogP contribution < -0.4 is 0 Å². The van der Waals surface area contributed by atoms with Crippen molar-refractivity contribution in [3.05, 3.63) is 12.1 Å². The van der Waals surface area contributed by atoms with Crippen LogP contribution in [0.5, 0.6) is 5.06 Å². The third kappa shape index (κ3) is 1.17. The van der Waals surface area contributed by atoms with Gasteiger partial charge in [0.2, 0.25) is 0 Å². The van der Waals surface area contributed by atoms with E-state index in [1.165, 1.54) is 11.3 Å². The first-order chi connectivity index (χ1) is 3.83. The van der Waals surface area contributed by atoms with E-state index in [-0.39, 0.29) is 0 Å². The average molecular weight is 146 g/mol. The van der Waals surface area contributed by atoms with Crippen molar-refractivity contribution in [2.24, 2.45) is 0 Å². The summed E-state index contributed by atoms with van der Waals surface area (Å²) in [5, 5.41) is 9.19. The van der Waals surface area contributed by atoms with Gasteiger partial charge in [0.05, 0.1) is 4.21 Å². The molecule has 0 saturated heterocycles. The van der Waals surface area contributed by atoms with Gasteiger partial charge < -0.3 is 5.11 Å². The van der Waals surface area contributed by atoms with Crippen molar-refractivity contribution in [3.63, 3.8) is 0 Å². The maximum Gasteiger partial charge on any atom is 0.172 e. The Bertz CT molecular complexity index is 171. The molecule has 0 fully saturated rings. The summed E-state index contributed by atoms with van der Waals surface area (Å²) < 4.78 is 1.16. The number of rotatable bonds is 1. The second kappa shape index (κ2) is 2.42. The van der Waals surface area contributed by atoms with Gasteiger partial charge in [0.25, 0.3) is 0 Å². The number of thiophene rings is 1. The molecule has 1 aromatic heterocycles. The van der Waals surface area contributed by atoms with Crippen LogP contribution in [0.2, 0.25) is 0 Å². The van der Waals surface area contributed by atoms with Crippen LogP contribution in [-0.2, 0) is 0 Å². The first-order valence-corrected chi connectivity index (χ1v) is 4.20. The van der Waals surface area contributed by atoms with Gasteiger partial charge in [0.1, 0.15) is 0 Å². The molecule has 3 heteroatoms. The van der Waals surface area contributed by atoms with Crippen LogP contribution in [0, 0.1) is 0 Å². The molecule has 0 aliphatic rings. The van der Waals surface area contributed by atoms with Crippen LogP contribution in [-0.4, -0.2) is 11.4 Å². The molecule has 0 bridgehead atoms. The number of aromatic hydroxyl groups is 1. The molecule has 0 aliphatic heterocycles. The van der Waals surface area contributed by atoms with Crippen LogP contribution in [0.15, 0.2) is 16.3 Å². The van der Waals surface area contributed by atoms with Crippen LogP contribution in [0.4, 0.5) is 0 Å². The Morgan fingerprint density at radius 2 is 2.38 bits per heavy atom. The normalized spacial score (nSPS) is 9.62. The summed E-state index contributed by atoms with van der Waals surface area (Å²) in [6, 6.07) is 3.61. The third-order valence-corrected chi connectivity index (χ3v) is 2.74. The fraction of sp³-hybridized carbons (Fsp3) is 0.200. The Kier molecular flexibility index (Phi) is 1.81. The van der Waals surface area contributed by atoms with Crippen LogP contribution in [0.3, 0.4) is 0 Å². The van der Waals surface area contributed by atoms with E-state index in [1.54, 1.807) is 17.8 Å². The lowest BCUT2D eigenvalue weighted by Gasteiger charge is -1.79. The maximum atomic E-state index is 8.79. The largest absolute Gasteiger partial charge is 0.499 e. The van der Waals surface area contributed by atoms with Gasteiger partial charge >= 0.3 is 0 Å². The zero-order valence-electron chi connectivity index (χ0n) is 4.42. The molecule has 0 amide bonds. The summed E-state index contributed by atoms with van der Waals surface area (Å²) in [6.07, 6.45) is 1.99. The van der Waals surface area contributed by atoms with E-state index in [9.17, 15) is 0 Å². The summed E-state index contributed by atoms with van der Waals surface area (Å²) in [5.41, 5.74) is 0. The smallest absolute Gasteiger partial charge is 0.172 e. The summed E-state index contributed by atoms with van der Waals surface area (Å²) in [6.45, 7) is 0. The van der Waals surface area contributed by atoms with Crippen molar-refractivity contribution in [1.29, 1.82) is 0 Å². The van der Waals surface area contributed by atoms with E-state index < -0.39 is 0 Å². The van der Waals surface area contributed by atoms with Gasteiger partial charge in [-0.25, -0.2) is 0 Å². The summed E-state index contributed by atoms with van der Waals surface area (Å²) in [5.74, 6) is 0. The standard InChI is InChI=1S/C5H6OS2/c1-7-5-3-2-4(6)8-5/h2-3,6H,1H3. The van der Waals surface area contributed by atoms with Crippen molar-refractivity contribution in [1.82, 2.24) is 0 Å². The predicted octanol–water partition coefficient (Wildman–Crippen LogP) is 2.18. The third-order valence-electron chi connectivity index (χ3n) is 0.768. The van der Waals surface area contributed by atoms with Crippen molar-refractivity contribution in [2.45, 2.75) is 4.21 Å². The molecule has 1 N–H and O–H groups in total. The Morgan fingerprint density at radius 1 is 1.62 bits per heavy atom. The molecule has 1 aromatic rings. The van der Waals surface area contributed by atoms with Gasteiger partial charge in [0.15, 0.2) is 5.06 Å². The molecule has 8 heavy (non-hydrogen) atoms. The molecule has 0 aliphatic carbocycles. The zero-order valence-corrected chi connectivity index (χ0v) is 6.05. The van der Waals surface area contributed by atoms with Crippen molar-refractivity contribution >= 4 is 23.1 Å². The van der Waals surface area contributed by atoms with Crippen molar-refractivity contribution in [2.75, 3.05) is 6.26 Å². The Balaban J connectivity index is 2.84. The number of hydrogen-bond donors (Lipinski definition) is 1. The van der Waals surface area contributed by atoms with E-state index in [4.69, 9.17) is 5.11 Å². The highest BCUT2D eigenvalue weighted by atomic mass is 32.2. The Labute approximate surface area is 56.4 Å². The lowest BCUT2D eigenvalue weighted by Crippen LogP contribution is -1.46. The molecule has 1 nitrogen and oxygen atoms in total. The summed E-state index contributed by atoms with van der Waals surface area (Å²) >= 11 is 3.05. The Morgan fingerprint density at radius 3 is 2.62 bits per heavy atom. The van der Waals surface area contributed by atoms with Crippen LogP contribution in [0.1, 0.15) is 0 Å². The van der Waals surface area contributed by atoms with E-state index >= 15 is 0 Å². The highest BCUT2D eigenvalue weighted by molar-refractivity contribution is 8.00. The van der Waals surface area contributed by atoms with Gasteiger partial charge in [-0.2, -0.15) is 0 Å². The minimum absolute atomic E-state index is 0.398. The highest BCUT2D eigenvalue weighted by Gasteiger charge is 1.92. The second-order valence-corrected chi connectivity index (χ2v) is 3.47. The van der Waals surface area contributed by atoms with E-state index in [0.29, 0.717) is 5.06 Å². The van der Waals surface area contributed by atoms with Gasteiger partial charge in [-0.15, -0.1) is 11.8 Å². The first-order valence-electron chi connectivity index (χ1n) is 2.15. The molecule has 0 unspecified atom stereocenters. The maximum absolute atomic E-state index is 8.79. The fourth-order valence-electron chi connectivity index (χ4n) is 0.420. The van der Waals surface area contributed by atoms with Gasteiger partial charge in [0, 0.05) is 0 Å². The average Bonchev–Trinajstić information content (AvgIpc) is 2.14. The quantitative estimate of drug-likeness (QED) is 0.613. The lowest BCUT2D eigenvalue weighted by molar-refractivity contribution is 0.491. The molecule has 0 atom stereocenters. The molecule has 0 spiro atoms. The van der Waals surface area contributed by atoms with Crippen LogP contribution in [0.25, 0.3) is 0 Å². The zero-order chi connectivity index (χ0) is 5.98.